The summed E-state index contributed by atoms with van der Waals surface area (Å²) in [5, 5.41) is 5.86. The SMILES string of the molecule is Cc1cc(OCc2ccc(Cl)cc2)ccc1-n1ncc(C(=O)c2cc3cc(C(=O)N4CCOCC4)ccc3[nH]2)c1N. The van der Waals surface area contributed by atoms with E-state index >= 15 is 0 Å². The molecule has 1 aliphatic rings. The zero-order chi connectivity index (χ0) is 28.5. The van der Waals surface area contributed by atoms with Crippen LogP contribution in [0.3, 0.4) is 0 Å². The van der Waals surface area contributed by atoms with Crippen LogP contribution in [0.4, 0.5) is 5.82 Å². The Labute approximate surface area is 241 Å². The maximum Gasteiger partial charge on any atom is 0.254 e. The predicted molar refractivity (Wildman–Crippen MR) is 157 cm³/mol. The van der Waals surface area contributed by atoms with Crippen LogP contribution in [0.2, 0.25) is 5.02 Å². The molecule has 0 bridgehead atoms. The largest absolute Gasteiger partial charge is 0.489 e. The molecule has 1 aliphatic heterocycles. The zero-order valence-electron chi connectivity index (χ0n) is 22.4. The number of aromatic nitrogens is 3. The minimum absolute atomic E-state index is 0.0495. The van der Waals surface area contributed by atoms with Crippen LogP contribution in [-0.4, -0.2) is 57.7 Å². The van der Waals surface area contributed by atoms with Crippen molar-refractivity contribution in [2.24, 2.45) is 0 Å². The van der Waals surface area contributed by atoms with E-state index in [9.17, 15) is 9.59 Å². The summed E-state index contributed by atoms with van der Waals surface area (Å²) in [5.41, 5.74) is 11.0. The van der Waals surface area contributed by atoms with Crippen molar-refractivity contribution in [2.45, 2.75) is 13.5 Å². The van der Waals surface area contributed by atoms with Gasteiger partial charge in [0.1, 0.15) is 18.2 Å². The van der Waals surface area contributed by atoms with Gasteiger partial charge in [0.15, 0.2) is 0 Å². The van der Waals surface area contributed by atoms with Gasteiger partial charge < -0.3 is 25.1 Å². The Balaban J connectivity index is 1.19. The number of rotatable bonds is 7. The molecule has 0 aliphatic carbocycles. The molecule has 0 spiro atoms. The number of nitrogens with one attached hydrogen (secondary N) is 1. The number of fused-ring (bicyclic) bond motifs is 1. The van der Waals surface area contributed by atoms with Crippen molar-refractivity contribution in [1.82, 2.24) is 19.7 Å². The number of nitrogens with zero attached hydrogens (tertiary/aromatic N) is 3. The second-order valence-corrected chi connectivity index (χ2v) is 10.4. The van der Waals surface area contributed by atoms with Crippen molar-refractivity contribution < 1.29 is 19.1 Å². The molecule has 0 radical (unpaired) electrons. The summed E-state index contributed by atoms with van der Waals surface area (Å²) in [4.78, 5) is 31.3. The first-order valence-corrected chi connectivity index (χ1v) is 13.6. The normalized spacial score (nSPS) is 13.5. The topological polar surface area (TPSA) is 115 Å². The number of ketones is 1. The van der Waals surface area contributed by atoms with E-state index in [1.165, 1.54) is 6.20 Å². The summed E-state index contributed by atoms with van der Waals surface area (Å²) in [6.07, 6.45) is 1.47. The molecule has 1 amide bonds. The molecule has 2 aromatic heterocycles. The van der Waals surface area contributed by atoms with Gasteiger partial charge in [-0.05, 0) is 72.6 Å². The number of anilines is 1. The summed E-state index contributed by atoms with van der Waals surface area (Å²) in [6, 6.07) is 20.2. The number of H-pyrrole nitrogens is 1. The number of nitrogen functional groups attached to an aromatic ring is 1. The number of carbonyl (C=O) groups is 2. The number of nitrogens with two attached hydrogens (primary N) is 1. The number of morpholine rings is 1. The van der Waals surface area contributed by atoms with E-state index in [0.29, 0.717) is 54.9 Å². The maximum absolute atomic E-state index is 13.4. The first-order valence-electron chi connectivity index (χ1n) is 13.2. The van der Waals surface area contributed by atoms with Gasteiger partial charge in [-0.2, -0.15) is 5.10 Å². The summed E-state index contributed by atoms with van der Waals surface area (Å²) in [7, 11) is 0. The molecule has 0 saturated carbocycles. The highest BCUT2D eigenvalue weighted by Gasteiger charge is 2.22. The van der Waals surface area contributed by atoms with Crippen molar-refractivity contribution in [3.05, 3.63) is 106 Å². The Bertz CT molecular complexity index is 1750. The van der Waals surface area contributed by atoms with Crippen molar-refractivity contribution in [3.63, 3.8) is 0 Å². The van der Waals surface area contributed by atoms with Crippen molar-refractivity contribution in [1.29, 1.82) is 0 Å². The molecule has 3 aromatic carbocycles. The fourth-order valence-electron chi connectivity index (χ4n) is 4.91. The van der Waals surface area contributed by atoms with Gasteiger partial charge in [-0.25, -0.2) is 4.68 Å². The van der Waals surface area contributed by atoms with Crippen molar-refractivity contribution in [2.75, 3.05) is 32.0 Å². The van der Waals surface area contributed by atoms with Gasteiger partial charge in [-0.3, -0.25) is 9.59 Å². The minimum atomic E-state index is -0.286. The third-order valence-electron chi connectivity index (χ3n) is 7.18. The molecule has 9 nitrogen and oxygen atoms in total. The van der Waals surface area contributed by atoms with Crippen LogP contribution in [0.5, 0.6) is 5.75 Å². The minimum Gasteiger partial charge on any atom is -0.489 e. The van der Waals surface area contributed by atoms with Gasteiger partial charge in [0, 0.05) is 34.6 Å². The molecule has 0 atom stereocenters. The second-order valence-electron chi connectivity index (χ2n) is 9.94. The number of carbonyl (C=O) groups excluding carboxylic acids is 2. The Morgan fingerprint density at radius 2 is 1.83 bits per heavy atom. The smallest absolute Gasteiger partial charge is 0.254 e. The summed E-state index contributed by atoms with van der Waals surface area (Å²) >= 11 is 5.96. The predicted octanol–water partition coefficient (Wildman–Crippen LogP) is 5.18. The zero-order valence-corrected chi connectivity index (χ0v) is 23.1. The van der Waals surface area contributed by atoms with Gasteiger partial charge in [-0.1, -0.05) is 23.7 Å². The van der Waals surface area contributed by atoms with Crippen LogP contribution in [0.25, 0.3) is 16.6 Å². The molecule has 6 rings (SSSR count). The lowest BCUT2D eigenvalue weighted by Gasteiger charge is -2.26. The van der Waals surface area contributed by atoms with Crippen molar-refractivity contribution in [3.8, 4) is 11.4 Å². The number of aromatic amines is 1. The molecule has 1 fully saturated rings. The Hall–Kier alpha value is -4.60. The third-order valence-corrected chi connectivity index (χ3v) is 7.43. The first-order chi connectivity index (χ1) is 19.9. The number of benzene rings is 3. The van der Waals surface area contributed by atoms with Crippen LogP contribution >= 0.6 is 11.6 Å². The highest BCUT2D eigenvalue weighted by molar-refractivity contribution is 6.30. The number of aryl methyl sites for hydroxylation is 1. The van der Waals surface area contributed by atoms with Crippen LogP contribution in [0, 0.1) is 6.92 Å². The standard InChI is InChI=1S/C31H28ClN5O4/c1-19-14-24(41-18-20-2-5-23(32)6-3-20)7-9-28(19)37-30(33)25(17-34-37)29(38)27-16-22-15-21(4-8-26(22)35-27)31(39)36-10-12-40-13-11-36/h2-9,14-17,35H,10-13,18,33H2,1H3. The number of hydrogen-bond donors (Lipinski definition) is 2. The van der Waals surface area contributed by atoms with Gasteiger partial charge in [0.05, 0.1) is 36.4 Å². The fraction of sp³-hybridized carbons (Fsp3) is 0.194. The lowest BCUT2D eigenvalue weighted by Crippen LogP contribution is -2.40. The highest BCUT2D eigenvalue weighted by Crippen LogP contribution is 2.27. The second kappa shape index (κ2) is 11.1. The Morgan fingerprint density at radius 1 is 1.05 bits per heavy atom. The molecule has 5 aromatic rings. The third kappa shape index (κ3) is 5.41. The van der Waals surface area contributed by atoms with Gasteiger partial charge in [0.2, 0.25) is 5.78 Å². The molecule has 10 heteroatoms. The molecular formula is C31H28ClN5O4. The van der Waals surface area contributed by atoms with Gasteiger partial charge in [-0.15, -0.1) is 0 Å². The van der Waals surface area contributed by atoms with Crippen LogP contribution in [0.1, 0.15) is 37.5 Å². The van der Waals surface area contributed by atoms with E-state index in [2.05, 4.69) is 10.1 Å². The molecule has 208 valence electrons. The lowest BCUT2D eigenvalue weighted by atomic mass is 10.1. The van der Waals surface area contributed by atoms with Crippen molar-refractivity contribution >= 4 is 40.0 Å². The number of ether oxygens (including phenoxy) is 2. The van der Waals surface area contributed by atoms with E-state index in [1.54, 1.807) is 27.8 Å². The molecular weight excluding hydrogens is 542 g/mol. The average Bonchev–Trinajstić information content (AvgIpc) is 3.60. The average molecular weight is 570 g/mol. The Kier molecular flexibility index (Phi) is 7.21. The first kappa shape index (κ1) is 26.6. The molecule has 0 unspecified atom stereocenters. The monoisotopic (exact) mass is 569 g/mol. The van der Waals surface area contributed by atoms with E-state index in [4.69, 9.17) is 26.8 Å². The van der Waals surface area contributed by atoms with E-state index < -0.39 is 0 Å². The van der Waals surface area contributed by atoms with Gasteiger partial charge in [0.25, 0.3) is 5.91 Å². The van der Waals surface area contributed by atoms with Crippen LogP contribution in [-0.2, 0) is 11.3 Å². The summed E-state index contributed by atoms with van der Waals surface area (Å²) in [5.74, 6) is 0.598. The molecule has 41 heavy (non-hydrogen) atoms. The van der Waals surface area contributed by atoms with E-state index in [1.807, 2.05) is 55.5 Å². The van der Waals surface area contributed by atoms with Crippen LogP contribution < -0.4 is 10.5 Å². The fourth-order valence-corrected chi connectivity index (χ4v) is 5.04. The van der Waals surface area contributed by atoms with E-state index in [0.717, 1.165) is 27.7 Å². The summed E-state index contributed by atoms with van der Waals surface area (Å²) < 4.78 is 12.8. The van der Waals surface area contributed by atoms with Gasteiger partial charge >= 0.3 is 0 Å². The quantitative estimate of drug-likeness (QED) is 0.261. The Morgan fingerprint density at radius 3 is 2.59 bits per heavy atom. The number of hydrogen-bond acceptors (Lipinski definition) is 6. The lowest BCUT2D eigenvalue weighted by molar-refractivity contribution is 0.0303. The maximum atomic E-state index is 13.4. The van der Waals surface area contributed by atoms with E-state index in [-0.39, 0.29) is 23.1 Å². The summed E-state index contributed by atoms with van der Waals surface area (Å²) in [6.45, 7) is 4.54. The number of halogens is 1. The molecule has 1 saturated heterocycles. The highest BCUT2D eigenvalue weighted by atomic mass is 35.5. The van der Waals surface area contributed by atoms with Crippen LogP contribution in [0.15, 0.2) is 72.9 Å². The molecule has 3 heterocycles. The number of amides is 1. The molecule has 3 N–H and O–H groups in total.